The van der Waals surface area contributed by atoms with E-state index in [9.17, 15) is 13.6 Å². The number of H-pyrrole nitrogens is 1. The van der Waals surface area contributed by atoms with Gasteiger partial charge in [0.05, 0.1) is 11.9 Å². The number of hydrogen-bond acceptors (Lipinski definition) is 3. The Bertz CT molecular complexity index is 611. The molecule has 2 N–H and O–H groups in total. The van der Waals surface area contributed by atoms with Crippen molar-refractivity contribution in [2.24, 2.45) is 0 Å². The van der Waals surface area contributed by atoms with Gasteiger partial charge in [-0.1, -0.05) is 12.1 Å². The highest BCUT2D eigenvalue weighted by Crippen LogP contribution is 2.34. The zero-order valence-corrected chi connectivity index (χ0v) is 9.85. The Morgan fingerprint density at radius 3 is 2.84 bits per heavy atom. The molecular formula is C12H10F2N2O3. The number of rotatable bonds is 4. The summed E-state index contributed by atoms with van der Waals surface area (Å²) in [5.74, 6) is -1.27. The second kappa shape index (κ2) is 5.05. The number of alkyl halides is 2. The van der Waals surface area contributed by atoms with Gasteiger partial charge in [-0.05, 0) is 18.6 Å². The van der Waals surface area contributed by atoms with E-state index in [1.807, 2.05) is 0 Å². The van der Waals surface area contributed by atoms with Crippen molar-refractivity contribution in [3.05, 3.63) is 35.5 Å². The average molecular weight is 268 g/mol. The van der Waals surface area contributed by atoms with Gasteiger partial charge in [-0.15, -0.1) is 0 Å². The molecule has 0 spiro atoms. The molecule has 0 aliphatic carbocycles. The van der Waals surface area contributed by atoms with Gasteiger partial charge in [0.1, 0.15) is 11.3 Å². The summed E-state index contributed by atoms with van der Waals surface area (Å²) in [6, 6.07) is 4.71. The van der Waals surface area contributed by atoms with Crippen LogP contribution < -0.4 is 4.74 Å². The molecule has 0 radical (unpaired) electrons. The molecule has 2 aromatic rings. The topological polar surface area (TPSA) is 75.2 Å². The van der Waals surface area contributed by atoms with E-state index in [-0.39, 0.29) is 22.6 Å². The third kappa shape index (κ3) is 2.54. The molecule has 0 unspecified atom stereocenters. The van der Waals surface area contributed by atoms with Crippen LogP contribution in [0.4, 0.5) is 8.78 Å². The number of ether oxygens (including phenoxy) is 1. The first kappa shape index (κ1) is 13.0. The van der Waals surface area contributed by atoms with E-state index < -0.39 is 12.6 Å². The summed E-state index contributed by atoms with van der Waals surface area (Å²) in [4.78, 5) is 11.0. The van der Waals surface area contributed by atoms with Gasteiger partial charge in [-0.3, -0.25) is 5.10 Å². The summed E-state index contributed by atoms with van der Waals surface area (Å²) < 4.78 is 29.3. The van der Waals surface area contributed by atoms with Crippen LogP contribution in [0.15, 0.2) is 24.4 Å². The Kier molecular flexibility index (Phi) is 3.46. The Hall–Kier alpha value is -2.44. The molecule has 0 bridgehead atoms. The maximum Gasteiger partial charge on any atom is 0.387 e. The second-order valence-electron chi connectivity index (χ2n) is 3.79. The molecule has 0 aliphatic heterocycles. The Labute approximate surface area is 106 Å². The number of benzene rings is 1. The molecule has 5 nitrogen and oxygen atoms in total. The zero-order valence-electron chi connectivity index (χ0n) is 9.85. The van der Waals surface area contributed by atoms with Crippen LogP contribution in [0, 0.1) is 6.92 Å². The molecule has 0 saturated carbocycles. The van der Waals surface area contributed by atoms with Gasteiger partial charge in [0.15, 0.2) is 0 Å². The summed E-state index contributed by atoms with van der Waals surface area (Å²) in [5, 5.41) is 15.1. The van der Waals surface area contributed by atoms with Gasteiger partial charge >= 0.3 is 12.6 Å². The normalized spacial score (nSPS) is 10.7. The molecule has 0 aliphatic rings. The molecule has 2 rings (SSSR count). The summed E-state index contributed by atoms with van der Waals surface area (Å²) in [6.07, 6.45) is 1.12. The first-order valence-electron chi connectivity index (χ1n) is 5.32. The van der Waals surface area contributed by atoms with Crippen molar-refractivity contribution in [1.82, 2.24) is 10.2 Å². The Morgan fingerprint density at radius 2 is 2.21 bits per heavy atom. The van der Waals surface area contributed by atoms with Crippen molar-refractivity contribution in [2.45, 2.75) is 13.5 Å². The minimum absolute atomic E-state index is 0.0655. The first-order chi connectivity index (χ1) is 9.00. The van der Waals surface area contributed by atoms with Crippen molar-refractivity contribution < 1.29 is 23.4 Å². The third-order valence-electron chi connectivity index (χ3n) is 2.56. The van der Waals surface area contributed by atoms with Gasteiger partial charge in [-0.2, -0.15) is 13.9 Å². The highest BCUT2D eigenvalue weighted by Gasteiger charge is 2.20. The lowest BCUT2D eigenvalue weighted by molar-refractivity contribution is -0.0499. The molecule has 7 heteroatoms. The molecule has 1 aromatic carbocycles. The highest BCUT2D eigenvalue weighted by atomic mass is 19.3. The predicted molar refractivity (Wildman–Crippen MR) is 62.4 cm³/mol. The van der Waals surface area contributed by atoms with Crippen molar-refractivity contribution >= 4 is 5.97 Å². The monoisotopic (exact) mass is 268 g/mol. The molecule has 1 aromatic heterocycles. The van der Waals surface area contributed by atoms with Crippen LogP contribution in [0.1, 0.15) is 15.9 Å². The number of carbonyl (C=O) groups is 1. The van der Waals surface area contributed by atoms with Crippen LogP contribution in [0.25, 0.3) is 11.3 Å². The average Bonchev–Trinajstić information content (AvgIpc) is 2.80. The summed E-state index contributed by atoms with van der Waals surface area (Å²) in [6.45, 7) is -1.39. The maximum absolute atomic E-state index is 12.4. The van der Waals surface area contributed by atoms with Crippen LogP contribution in [0.3, 0.4) is 0 Å². The number of aromatic nitrogens is 2. The minimum atomic E-state index is -2.99. The van der Waals surface area contributed by atoms with Gasteiger partial charge < -0.3 is 9.84 Å². The number of aromatic carboxylic acids is 1. The van der Waals surface area contributed by atoms with Crippen molar-refractivity contribution in [3.63, 3.8) is 0 Å². The fraction of sp³-hybridized carbons (Fsp3) is 0.167. The summed E-state index contributed by atoms with van der Waals surface area (Å²) in [7, 11) is 0. The Morgan fingerprint density at radius 1 is 1.47 bits per heavy atom. The number of aromatic amines is 1. The standard InChI is InChI=1S/C12H10F2N2O3/c1-6-3-2-4-7(10(6)19-12(13)14)9-8(11(17)18)5-15-16-9/h2-5,12H,1H3,(H,15,16)(H,17,18). The molecule has 0 fully saturated rings. The zero-order chi connectivity index (χ0) is 14.0. The Balaban J connectivity index is 2.58. The quantitative estimate of drug-likeness (QED) is 0.893. The van der Waals surface area contributed by atoms with E-state index in [4.69, 9.17) is 5.11 Å². The number of aryl methyl sites for hydroxylation is 1. The molecule has 19 heavy (non-hydrogen) atoms. The van der Waals surface area contributed by atoms with Crippen molar-refractivity contribution in [3.8, 4) is 17.0 Å². The number of carboxylic acid groups (broad SMARTS) is 1. The van der Waals surface area contributed by atoms with Crippen LogP contribution in [0.5, 0.6) is 5.75 Å². The summed E-state index contributed by atoms with van der Waals surface area (Å²) in [5.41, 5.74) is 0.732. The number of hydrogen-bond donors (Lipinski definition) is 2. The summed E-state index contributed by atoms with van der Waals surface area (Å²) >= 11 is 0. The van der Waals surface area contributed by atoms with Crippen LogP contribution in [-0.4, -0.2) is 27.9 Å². The fourth-order valence-electron chi connectivity index (χ4n) is 1.75. The number of nitrogens with one attached hydrogen (secondary N) is 1. The first-order valence-corrected chi connectivity index (χ1v) is 5.32. The van der Waals surface area contributed by atoms with Crippen molar-refractivity contribution in [1.29, 1.82) is 0 Å². The van der Waals surface area contributed by atoms with E-state index in [2.05, 4.69) is 14.9 Å². The molecule has 0 amide bonds. The van der Waals surface area contributed by atoms with Gasteiger partial charge in [0.2, 0.25) is 0 Å². The molecular weight excluding hydrogens is 258 g/mol. The van der Waals surface area contributed by atoms with E-state index in [0.29, 0.717) is 5.56 Å². The molecule has 1 heterocycles. The van der Waals surface area contributed by atoms with Gasteiger partial charge in [0.25, 0.3) is 0 Å². The molecule has 100 valence electrons. The number of nitrogens with zero attached hydrogens (tertiary/aromatic N) is 1. The van der Waals surface area contributed by atoms with Crippen LogP contribution in [-0.2, 0) is 0 Å². The van der Waals surface area contributed by atoms with E-state index >= 15 is 0 Å². The predicted octanol–water partition coefficient (Wildman–Crippen LogP) is 2.68. The van der Waals surface area contributed by atoms with Crippen LogP contribution >= 0.6 is 0 Å². The minimum Gasteiger partial charge on any atom is -0.478 e. The highest BCUT2D eigenvalue weighted by molar-refractivity contribution is 5.95. The van der Waals surface area contributed by atoms with Crippen molar-refractivity contribution in [2.75, 3.05) is 0 Å². The lowest BCUT2D eigenvalue weighted by atomic mass is 10.0. The van der Waals surface area contributed by atoms with E-state index in [0.717, 1.165) is 6.20 Å². The number of carboxylic acids is 1. The largest absolute Gasteiger partial charge is 0.478 e. The third-order valence-corrected chi connectivity index (χ3v) is 2.56. The van der Waals surface area contributed by atoms with Gasteiger partial charge in [-0.25, -0.2) is 4.79 Å². The number of halogens is 2. The smallest absolute Gasteiger partial charge is 0.387 e. The lowest BCUT2D eigenvalue weighted by Gasteiger charge is -2.12. The maximum atomic E-state index is 12.4. The second-order valence-corrected chi connectivity index (χ2v) is 3.79. The van der Waals surface area contributed by atoms with E-state index in [1.165, 1.54) is 6.07 Å². The number of para-hydroxylation sites is 1. The van der Waals surface area contributed by atoms with Gasteiger partial charge in [0, 0.05) is 5.56 Å². The lowest BCUT2D eigenvalue weighted by Crippen LogP contribution is -2.06. The molecule has 0 saturated heterocycles. The molecule has 0 atom stereocenters. The SMILES string of the molecule is Cc1cccc(-c2[nH]ncc2C(=O)O)c1OC(F)F. The fourth-order valence-corrected chi connectivity index (χ4v) is 1.75. The van der Waals surface area contributed by atoms with Crippen LogP contribution in [0.2, 0.25) is 0 Å². The van der Waals surface area contributed by atoms with E-state index in [1.54, 1.807) is 19.1 Å².